The average Bonchev–Trinajstić information content (AvgIpc) is 2.51. The van der Waals surface area contributed by atoms with Crippen LogP contribution in [-0.2, 0) is 15.6 Å². The first kappa shape index (κ1) is 11.3. The molecule has 0 N–H and O–H groups in total. The van der Waals surface area contributed by atoms with Crippen LogP contribution in [0.25, 0.3) is 0 Å². The summed E-state index contributed by atoms with van der Waals surface area (Å²) in [6.07, 6.45) is 4.42. The quantitative estimate of drug-likeness (QED) is 0.589. The van der Waals surface area contributed by atoms with Crippen molar-refractivity contribution in [2.75, 3.05) is 0 Å². The van der Waals surface area contributed by atoms with E-state index >= 15 is 0 Å². The van der Waals surface area contributed by atoms with Crippen LogP contribution in [0.4, 0.5) is 0 Å². The van der Waals surface area contributed by atoms with Crippen molar-refractivity contribution in [1.82, 2.24) is 9.78 Å². The lowest BCUT2D eigenvalue weighted by Gasteiger charge is -2.04. The molecule has 1 aromatic heterocycles. The van der Waals surface area contributed by atoms with Gasteiger partial charge in [0.05, 0.1) is 6.20 Å². The first-order valence-electron chi connectivity index (χ1n) is 4.07. The maximum absolute atomic E-state index is 11.1. The molecular formula is C8H11ClN2O2S. The molecule has 14 heavy (non-hydrogen) atoms. The Kier molecular flexibility index (Phi) is 3.34. The van der Waals surface area contributed by atoms with E-state index in [-0.39, 0.29) is 0 Å². The fraction of sp³-hybridized carbons (Fsp3) is 0.375. The van der Waals surface area contributed by atoms with Gasteiger partial charge in [0, 0.05) is 29.0 Å². The fourth-order valence-corrected chi connectivity index (χ4v) is 2.32. The van der Waals surface area contributed by atoms with Crippen molar-refractivity contribution < 1.29 is 8.42 Å². The Morgan fingerprint density at radius 2 is 2.43 bits per heavy atom. The number of halogens is 1. The minimum absolute atomic E-state index is 0.539. The number of aromatic nitrogens is 2. The maximum atomic E-state index is 11.1. The molecule has 6 heteroatoms. The summed E-state index contributed by atoms with van der Waals surface area (Å²) < 4.78 is 23.9. The summed E-state index contributed by atoms with van der Waals surface area (Å²) >= 11 is 0. The second kappa shape index (κ2) is 4.14. The Bertz CT molecular complexity index is 424. The molecule has 1 rings (SSSR count). The van der Waals surface area contributed by atoms with Gasteiger partial charge in [0.25, 0.3) is 0 Å². The largest absolute Gasteiger partial charge is 0.273 e. The highest BCUT2D eigenvalue weighted by atomic mass is 35.7. The van der Waals surface area contributed by atoms with Gasteiger partial charge in [0.1, 0.15) is 5.25 Å². The minimum atomic E-state index is -3.66. The van der Waals surface area contributed by atoms with Crippen molar-refractivity contribution in [2.45, 2.75) is 18.7 Å². The van der Waals surface area contributed by atoms with Crippen molar-refractivity contribution in [2.24, 2.45) is 0 Å². The highest BCUT2D eigenvalue weighted by molar-refractivity contribution is 8.14. The molecular weight excluding hydrogens is 224 g/mol. The Labute approximate surface area is 87.6 Å². The number of nitrogens with zero attached hydrogens (tertiary/aromatic N) is 2. The van der Waals surface area contributed by atoms with Gasteiger partial charge in [-0.15, -0.1) is 6.58 Å². The van der Waals surface area contributed by atoms with Crippen LogP contribution in [0.1, 0.15) is 17.7 Å². The molecule has 0 aliphatic heterocycles. The summed E-state index contributed by atoms with van der Waals surface area (Å²) in [7, 11) is 1.59. The zero-order chi connectivity index (χ0) is 10.8. The van der Waals surface area contributed by atoms with Crippen LogP contribution in [-0.4, -0.2) is 18.2 Å². The standard InChI is InChI=1S/C8H11ClN2O2S/c1-3-8(14(9,12)13)7-5-10-11(4-2)6-7/h3,5-6,8H,1,4H2,2H3. The lowest BCUT2D eigenvalue weighted by atomic mass is 10.2. The summed E-state index contributed by atoms with van der Waals surface area (Å²) in [5, 5.41) is 3.08. The molecule has 4 nitrogen and oxygen atoms in total. The van der Waals surface area contributed by atoms with Crippen LogP contribution >= 0.6 is 10.7 Å². The van der Waals surface area contributed by atoms with E-state index in [0.29, 0.717) is 12.1 Å². The molecule has 0 aliphatic rings. The molecule has 0 saturated carbocycles. The zero-order valence-electron chi connectivity index (χ0n) is 7.72. The van der Waals surface area contributed by atoms with E-state index in [9.17, 15) is 8.42 Å². The second-order valence-corrected chi connectivity index (χ2v) is 5.51. The predicted molar refractivity (Wildman–Crippen MR) is 55.6 cm³/mol. The van der Waals surface area contributed by atoms with Crippen molar-refractivity contribution in [3.05, 3.63) is 30.6 Å². The molecule has 0 spiro atoms. The van der Waals surface area contributed by atoms with Gasteiger partial charge in [-0.1, -0.05) is 6.08 Å². The lowest BCUT2D eigenvalue weighted by Crippen LogP contribution is -2.03. The minimum Gasteiger partial charge on any atom is -0.273 e. The predicted octanol–water partition coefficient (Wildman–Crippen LogP) is 1.70. The molecule has 0 radical (unpaired) electrons. The van der Waals surface area contributed by atoms with Crippen molar-refractivity contribution in [1.29, 1.82) is 0 Å². The third-order valence-corrected chi connectivity index (χ3v) is 3.47. The van der Waals surface area contributed by atoms with E-state index in [1.165, 1.54) is 12.3 Å². The monoisotopic (exact) mass is 234 g/mol. The first-order valence-corrected chi connectivity index (χ1v) is 6.44. The van der Waals surface area contributed by atoms with Crippen molar-refractivity contribution >= 4 is 19.7 Å². The Balaban J connectivity index is 3.08. The highest BCUT2D eigenvalue weighted by Crippen LogP contribution is 2.25. The molecule has 1 heterocycles. The molecule has 0 fully saturated rings. The van der Waals surface area contributed by atoms with Gasteiger partial charge in [0.2, 0.25) is 9.05 Å². The third-order valence-electron chi connectivity index (χ3n) is 1.82. The number of hydrogen-bond donors (Lipinski definition) is 0. The first-order chi connectivity index (χ1) is 6.49. The molecule has 0 saturated heterocycles. The smallest absolute Gasteiger partial charge is 0.243 e. The Hall–Kier alpha value is -0.810. The number of aryl methyl sites for hydroxylation is 1. The van der Waals surface area contributed by atoms with E-state index in [1.54, 1.807) is 10.9 Å². The van der Waals surface area contributed by atoms with Gasteiger partial charge in [-0.25, -0.2) is 8.42 Å². The Morgan fingerprint density at radius 3 is 2.79 bits per heavy atom. The topological polar surface area (TPSA) is 52.0 Å². The number of rotatable bonds is 4. The van der Waals surface area contributed by atoms with Crippen LogP contribution in [0.5, 0.6) is 0 Å². The summed E-state index contributed by atoms with van der Waals surface area (Å²) in [5.41, 5.74) is 0.539. The van der Waals surface area contributed by atoms with Gasteiger partial charge in [0.15, 0.2) is 0 Å². The molecule has 1 aromatic rings. The molecule has 0 aromatic carbocycles. The second-order valence-electron chi connectivity index (χ2n) is 2.76. The summed E-state index contributed by atoms with van der Waals surface area (Å²) in [6.45, 7) is 6.04. The molecule has 1 unspecified atom stereocenters. The molecule has 0 amide bonds. The van der Waals surface area contributed by atoms with Gasteiger partial charge in [-0.2, -0.15) is 5.10 Å². The van der Waals surface area contributed by atoms with Gasteiger partial charge in [-0.3, -0.25) is 4.68 Å². The fourth-order valence-electron chi connectivity index (χ4n) is 1.11. The summed E-state index contributed by atoms with van der Waals surface area (Å²) in [4.78, 5) is 0. The van der Waals surface area contributed by atoms with Gasteiger partial charge < -0.3 is 0 Å². The van der Waals surface area contributed by atoms with Crippen LogP contribution in [0.2, 0.25) is 0 Å². The maximum Gasteiger partial charge on any atom is 0.243 e. The summed E-state index contributed by atoms with van der Waals surface area (Å²) in [5.74, 6) is 0. The lowest BCUT2D eigenvalue weighted by molar-refractivity contribution is 0.604. The van der Waals surface area contributed by atoms with E-state index in [4.69, 9.17) is 10.7 Å². The normalized spacial score (nSPS) is 13.9. The third kappa shape index (κ3) is 2.36. The van der Waals surface area contributed by atoms with Crippen LogP contribution in [0, 0.1) is 0 Å². The Morgan fingerprint density at radius 1 is 1.79 bits per heavy atom. The van der Waals surface area contributed by atoms with E-state index in [1.807, 2.05) is 6.92 Å². The van der Waals surface area contributed by atoms with E-state index in [0.717, 1.165) is 0 Å². The van der Waals surface area contributed by atoms with Crippen LogP contribution in [0.3, 0.4) is 0 Å². The van der Waals surface area contributed by atoms with Crippen molar-refractivity contribution in [3.8, 4) is 0 Å². The van der Waals surface area contributed by atoms with Crippen LogP contribution < -0.4 is 0 Å². The molecule has 0 bridgehead atoms. The van der Waals surface area contributed by atoms with Gasteiger partial charge >= 0.3 is 0 Å². The van der Waals surface area contributed by atoms with Crippen LogP contribution in [0.15, 0.2) is 25.0 Å². The number of hydrogen-bond acceptors (Lipinski definition) is 3. The van der Waals surface area contributed by atoms with E-state index in [2.05, 4.69) is 11.7 Å². The summed E-state index contributed by atoms with van der Waals surface area (Å²) in [6, 6.07) is 0. The van der Waals surface area contributed by atoms with E-state index < -0.39 is 14.3 Å². The molecule has 0 aliphatic carbocycles. The van der Waals surface area contributed by atoms with Crippen molar-refractivity contribution in [3.63, 3.8) is 0 Å². The molecule has 1 atom stereocenters. The average molecular weight is 235 g/mol. The highest BCUT2D eigenvalue weighted by Gasteiger charge is 2.22. The SMILES string of the molecule is C=CC(c1cnn(CC)c1)S(=O)(=O)Cl. The van der Waals surface area contributed by atoms with Gasteiger partial charge in [-0.05, 0) is 6.92 Å². The zero-order valence-corrected chi connectivity index (χ0v) is 9.29. The molecule has 78 valence electrons.